The second kappa shape index (κ2) is 8.54. The molecule has 5 rings (SSSR count). The van der Waals surface area contributed by atoms with E-state index in [-0.39, 0.29) is 18.2 Å². The molecule has 2 saturated heterocycles. The third kappa shape index (κ3) is 3.55. The van der Waals surface area contributed by atoms with Crippen LogP contribution in [0.2, 0.25) is 0 Å². The third-order valence-corrected chi connectivity index (χ3v) is 6.61. The normalized spacial score (nSPS) is 23.6. The number of amides is 3. The number of urea groups is 1. The summed E-state index contributed by atoms with van der Waals surface area (Å²) in [7, 11) is 0. The van der Waals surface area contributed by atoms with Gasteiger partial charge in [-0.1, -0.05) is 85.0 Å². The molecule has 0 saturated carbocycles. The minimum absolute atomic E-state index is 0.0954. The Balaban J connectivity index is 1.42. The minimum atomic E-state index is -0.963. The number of fused-ring (bicyclic) bond motifs is 1. The zero-order valence-corrected chi connectivity index (χ0v) is 17.9. The molecule has 2 heterocycles. The highest BCUT2D eigenvalue weighted by atomic mass is 16.6. The van der Waals surface area contributed by atoms with E-state index >= 15 is 0 Å². The van der Waals surface area contributed by atoms with Crippen LogP contribution in [0.4, 0.5) is 9.59 Å². The van der Waals surface area contributed by atoms with Crippen LogP contribution in [0.5, 0.6) is 0 Å². The number of hydrogen-bond acceptors (Lipinski definition) is 3. The summed E-state index contributed by atoms with van der Waals surface area (Å²) in [6, 6.07) is 19.3. The average Bonchev–Trinajstić information content (AvgIpc) is 3.17. The Kier molecular flexibility index (Phi) is 5.43. The second-order valence-corrected chi connectivity index (χ2v) is 8.49. The van der Waals surface area contributed by atoms with Crippen molar-refractivity contribution in [2.75, 3.05) is 26.2 Å². The molecule has 6 nitrogen and oxygen atoms in total. The van der Waals surface area contributed by atoms with Crippen LogP contribution in [0.25, 0.3) is 0 Å². The van der Waals surface area contributed by atoms with Crippen LogP contribution in [-0.4, -0.2) is 54.1 Å². The zero-order chi connectivity index (χ0) is 22.0. The van der Waals surface area contributed by atoms with Gasteiger partial charge in [0, 0.05) is 37.3 Å². The van der Waals surface area contributed by atoms with E-state index in [1.807, 2.05) is 77.7 Å². The number of hydrogen-bond donors (Lipinski definition) is 1. The number of cyclic esters (lactones) is 1. The quantitative estimate of drug-likeness (QED) is 0.802. The fraction of sp³-hybridized carbons (Fsp3) is 0.308. The summed E-state index contributed by atoms with van der Waals surface area (Å²) in [6.45, 7) is 1.94. The molecule has 0 bridgehead atoms. The first-order chi connectivity index (χ1) is 15.7. The van der Waals surface area contributed by atoms with Gasteiger partial charge in [0.25, 0.3) is 0 Å². The number of carbonyl (C=O) groups excluding carboxylic acids is 2. The van der Waals surface area contributed by atoms with Gasteiger partial charge in [-0.05, 0) is 12.3 Å². The highest BCUT2D eigenvalue weighted by Gasteiger charge is 2.58. The third-order valence-electron chi connectivity index (χ3n) is 6.61. The molecule has 3 amide bonds. The van der Waals surface area contributed by atoms with E-state index in [0.717, 1.165) is 17.5 Å². The molecular formula is C26H27N3O3. The maximum atomic E-state index is 13.0. The van der Waals surface area contributed by atoms with Crippen LogP contribution in [0, 0.1) is 5.92 Å². The predicted molar refractivity (Wildman–Crippen MR) is 122 cm³/mol. The van der Waals surface area contributed by atoms with Crippen LogP contribution in [0.1, 0.15) is 17.5 Å². The molecule has 2 fully saturated rings. The first-order valence-electron chi connectivity index (χ1n) is 11.2. The van der Waals surface area contributed by atoms with Gasteiger partial charge in [-0.15, -0.1) is 0 Å². The molecular weight excluding hydrogens is 402 g/mol. The second-order valence-electron chi connectivity index (χ2n) is 8.49. The fourth-order valence-electron chi connectivity index (χ4n) is 4.95. The molecule has 0 radical (unpaired) electrons. The van der Waals surface area contributed by atoms with E-state index in [2.05, 4.69) is 17.5 Å². The van der Waals surface area contributed by atoms with E-state index in [1.54, 1.807) is 4.90 Å². The summed E-state index contributed by atoms with van der Waals surface area (Å²) in [5.74, 6) is 0.314. The summed E-state index contributed by atoms with van der Waals surface area (Å²) in [6.07, 6.45) is 8.89. The monoisotopic (exact) mass is 429 g/mol. The van der Waals surface area contributed by atoms with Crippen molar-refractivity contribution in [3.63, 3.8) is 0 Å². The number of carbonyl (C=O) groups is 2. The lowest BCUT2D eigenvalue weighted by Gasteiger charge is -2.42. The van der Waals surface area contributed by atoms with Crippen molar-refractivity contribution in [3.8, 4) is 0 Å². The van der Waals surface area contributed by atoms with Gasteiger partial charge in [0.1, 0.15) is 6.04 Å². The molecule has 0 aromatic heterocycles. The molecule has 32 heavy (non-hydrogen) atoms. The van der Waals surface area contributed by atoms with Crippen molar-refractivity contribution in [1.29, 1.82) is 0 Å². The smallest absolute Gasteiger partial charge is 0.411 e. The lowest BCUT2D eigenvalue weighted by atomic mass is 9.79. The highest BCUT2D eigenvalue weighted by Crippen LogP contribution is 2.45. The van der Waals surface area contributed by atoms with Crippen LogP contribution >= 0.6 is 0 Å². The Morgan fingerprint density at radius 2 is 1.69 bits per heavy atom. The van der Waals surface area contributed by atoms with E-state index in [9.17, 15) is 9.59 Å². The van der Waals surface area contributed by atoms with Gasteiger partial charge in [0.05, 0.1) is 0 Å². The maximum absolute atomic E-state index is 13.0. The van der Waals surface area contributed by atoms with E-state index in [0.29, 0.717) is 32.1 Å². The molecule has 1 N–H and O–H groups in total. The van der Waals surface area contributed by atoms with Crippen molar-refractivity contribution >= 4 is 12.1 Å². The van der Waals surface area contributed by atoms with Gasteiger partial charge in [-0.2, -0.15) is 0 Å². The summed E-state index contributed by atoms with van der Waals surface area (Å²) in [5, 5.41) is 3.08. The number of piperazine rings is 1. The molecule has 2 aromatic carbocycles. The number of allylic oxidation sites excluding steroid dienone is 3. The summed E-state index contributed by atoms with van der Waals surface area (Å²) in [4.78, 5) is 29.6. The first-order valence-corrected chi connectivity index (χ1v) is 11.2. The summed E-state index contributed by atoms with van der Waals surface area (Å²) >= 11 is 0. The van der Waals surface area contributed by atoms with Gasteiger partial charge in [0.15, 0.2) is 5.60 Å². The molecule has 2 unspecified atom stereocenters. The van der Waals surface area contributed by atoms with Crippen molar-refractivity contribution < 1.29 is 14.3 Å². The van der Waals surface area contributed by atoms with Crippen molar-refractivity contribution in [1.82, 2.24) is 15.1 Å². The number of benzene rings is 2. The predicted octanol–water partition coefficient (Wildman–Crippen LogP) is 3.91. The van der Waals surface area contributed by atoms with Gasteiger partial charge >= 0.3 is 12.1 Å². The largest absolute Gasteiger partial charge is 0.431 e. The number of nitrogens with one attached hydrogen (secondary N) is 1. The Hall–Kier alpha value is -3.54. The van der Waals surface area contributed by atoms with Gasteiger partial charge in [-0.25, -0.2) is 9.59 Å². The molecule has 3 aliphatic rings. The number of nitrogens with zero attached hydrogens (tertiary/aromatic N) is 2. The van der Waals surface area contributed by atoms with Crippen molar-refractivity contribution in [2.24, 2.45) is 5.92 Å². The zero-order valence-electron chi connectivity index (χ0n) is 17.9. The Bertz CT molecular complexity index is 995. The molecule has 2 aliphatic heterocycles. The molecule has 2 aromatic rings. The van der Waals surface area contributed by atoms with Crippen LogP contribution in [0.15, 0.2) is 85.0 Å². The molecule has 164 valence electrons. The van der Waals surface area contributed by atoms with Crippen molar-refractivity contribution in [3.05, 3.63) is 96.1 Å². The summed E-state index contributed by atoms with van der Waals surface area (Å²) < 4.78 is 6.16. The Labute approximate surface area is 188 Å². The first kappa shape index (κ1) is 20.4. The standard InChI is InChI=1S/C26H27N3O3/c30-24(27-18-20-10-4-1-5-11-20)28-16-17-29-23(19-28)26(32-25(29)31,21-12-6-2-7-13-21)22-14-8-3-9-15-22/h1-10,12-15,20,23H,11,16-19H2,(H,27,30). The van der Waals surface area contributed by atoms with E-state index in [1.165, 1.54) is 0 Å². The van der Waals surface area contributed by atoms with Crippen molar-refractivity contribution in [2.45, 2.75) is 18.1 Å². The lowest BCUT2D eigenvalue weighted by molar-refractivity contribution is 0.0511. The summed E-state index contributed by atoms with van der Waals surface area (Å²) in [5.41, 5.74) is 0.858. The number of ether oxygens (including phenoxy) is 1. The minimum Gasteiger partial charge on any atom is -0.431 e. The fourth-order valence-corrected chi connectivity index (χ4v) is 4.95. The van der Waals surface area contributed by atoms with Gasteiger partial charge < -0.3 is 15.0 Å². The van der Waals surface area contributed by atoms with Gasteiger partial charge in [-0.3, -0.25) is 4.90 Å². The topological polar surface area (TPSA) is 61.9 Å². The highest BCUT2D eigenvalue weighted by molar-refractivity contribution is 5.77. The van der Waals surface area contributed by atoms with E-state index < -0.39 is 5.60 Å². The molecule has 6 heteroatoms. The SMILES string of the molecule is O=C(NCC1C=CC=CC1)N1CCN2C(=O)OC(c3ccccc3)(c3ccccc3)C2C1. The average molecular weight is 430 g/mol. The van der Waals surface area contributed by atoms with Crippen LogP contribution in [-0.2, 0) is 10.3 Å². The molecule has 0 spiro atoms. The van der Waals surface area contributed by atoms with E-state index in [4.69, 9.17) is 4.74 Å². The molecule has 2 atom stereocenters. The Morgan fingerprint density at radius 3 is 2.31 bits per heavy atom. The number of rotatable bonds is 4. The lowest BCUT2D eigenvalue weighted by Crippen LogP contribution is -2.60. The Morgan fingerprint density at radius 1 is 1.00 bits per heavy atom. The van der Waals surface area contributed by atoms with Gasteiger partial charge in [0.2, 0.25) is 0 Å². The van der Waals surface area contributed by atoms with Crippen LogP contribution < -0.4 is 5.32 Å². The maximum Gasteiger partial charge on any atom is 0.411 e. The van der Waals surface area contributed by atoms with Crippen LogP contribution in [0.3, 0.4) is 0 Å². The molecule has 1 aliphatic carbocycles.